The molecule has 0 unspecified atom stereocenters. The Hall–Kier alpha value is -3.14. The third-order valence-electron chi connectivity index (χ3n) is 5.24. The highest BCUT2D eigenvalue weighted by Crippen LogP contribution is 2.34. The summed E-state index contributed by atoms with van der Waals surface area (Å²) in [4.78, 5) is 23.3. The van der Waals surface area contributed by atoms with Gasteiger partial charge in [0.1, 0.15) is 5.56 Å². The highest BCUT2D eigenvalue weighted by Gasteiger charge is 2.30. The summed E-state index contributed by atoms with van der Waals surface area (Å²) in [5.41, 5.74) is 0.827. The molecule has 0 saturated carbocycles. The Labute approximate surface area is 199 Å². The Balaban J connectivity index is 1.69. The summed E-state index contributed by atoms with van der Waals surface area (Å²) in [5, 5.41) is 14.0. The summed E-state index contributed by atoms with van der Waals surface area (Å²) >= 11 is 12.1. The number of halogens is 2. The molecule has 3 aromatic carbocycles. The number of rotatable bonds is 5. The van der Waals surface area contributed by atoms with Gasteiger partial charge >= 0.3 is 0 Å². The van der Waals surface area contributed by atoms with Crippen LogP contribution in [0, 0.1) is 10.1 Å². The molecule has 3 aromatic rings. The number of sulfonamides is 1. The lowest BCUT2D eigenvalue weighted by atomic mass is 10.0. The van der Waals surface area contributed by atoms with Crippen LogP contribution in [0.5, 0.6) is 0 Å². The van der Waals surface area contributed by atoms with Crippen LogP contribution >= 0.6 is 23.2 Å². The number of carbonyl (C=O) groups is 1. The predicted molar refractivity (Wildman–Crippen MR) is 127 cm³/mol. The van der Waals surface area contributed by atoms with Gasteiger partial charge in [-0.25, -0.2) is 8.42 Å². The highest BCUT2D eigenvalue weighted by molar-refractivity contribution is 7.92. The van der Waals surface area contributed by atoms with Crippen LogP contribution in [0.1, 0.15) is 22.3 Å². The first-order valence-corrected chi connectivity index (χ1v) is 12.0. The van der Waals surface area contributed by atoms with Crippen LogP contribution < -0.4 is 9.62 Å². The number of hydrogen-bond acceptors (Lipinski definition) is 5. The van der Waals surface area contributed by atoms with E-state index < -0.39 is 26.5 Å². The number of amides is 1. The molecular weight excluding hydrogens is 489 g/mol. The van der Waals surface area contributed by atoms with Crippen molar-refractivity contribution < 1.29 is 18.1 Å². The van der Waals surface area contributed by atoms with Gasteiger partial charge in [0.15, 0.2) is 0 Å². The monoisotopic (exact) mass is 505 g/mol. The fourth-order valence-electron chi connectivity index (χ4n) is 3.68. The van der Waals surface area contributed by atoms with Crippen molar-refractivity contribution in [1.29, 1.82) is 0 Å². The zero-order valence-corrected chi connectivity index (χ0v) is 19.3. The number of carbonyl (C=O) groups excluding carboxylic acids is 1. The summed E-state index contributed by atoms with van der Waals surface area (Å²) in [6, 6.07) is 14.8. The first-order chi connectivity index (χ1) is 15.7. The summed E-state index contributed by atoms with van der Waals surface area (Å²) in [5.74, 6) is -0.844. The van der Waals surface area contributed by atoms with Crippen LogP contribution in [0.15, 0.2) is 65.6 Å². The molecule has 33 heavy (non-hydrogen) atoms. The normalized spacial score (nSPS) is 13.3. The van der Waals surface area contributed by atoms with Gasteiger partial charge in [0, 0.05) is 17.6 Å². The van der Waals surface area contributed by atoms with E-state index in [4.69, 9.17) is 23.2 Å². The van der Waals surface area contributed by atoms with Crippen LogP contribution in [0.2, 0.25) is 10.0 Å². The van der Waals surface area contributed by atoms with Crippen molar-refractivity contribution in [2.45, 2.75) is 17.7 Å². The Morgan fingerprint density at radius 2 is 1.82 bits per heavy atom. The second-order valence-electron chi connectivity index (χ2n) is 7.32. The Morgan fingerprint density at radius 3 is 2.58 bits per heavy atom. The first-order valence-electron chi connectivity index (χ1n) is 9.84. The number of anilines is 2. The van der Waals surface area contributed by atoms with Gasteiger partial charge in [0.2, 0.25) is 0 Å². The number of nitro groups is 1. The van der Waals surface area contributed by atoms with Crippen LogP contribution in [0.3, 0.4) is 0 Å². The maximum absolute atomic E-state index is 13.4. The molecule has 1 N–H and O–H groups in total. The van der Waals surface area contributed by atoms with Crippen molar-refractivity contribution in [3.05, 3.63) is 92.0 Å². The molecule has 0 saturated heterocycles. The standard InChI is InChI=1S/C22H17Cl2N3O5S/c23-15-7-10-21(27(29)30)17(12-15)22(28)25-19-13-16(8-9-18(19)24)33(31,32)26-11-3-5-14-4-1-2-6-20(14)26/h1-2,4,6-10,12-13H,3,5,11H2,(H,25,28). The Kier molecular flexibility index (Phi) is 6.29. The van der Waals surface area contributed by atoms with Gasteiger partial charge in [-0.2, -0.15) is 0 Å². The van der Waals surface area contributed by atoms with Crippen LogP contribution in [0.25, 0.3) is 0 Å². The third kappa shape index (κ3) is 4.52. The van der Waals surface area contributed by atoms with Gasteiger partial charge in [-0.1, -0.05) is 41.4 Å². The van der Waals surface area contributed by atoms with E-state index in [0.29, 0.717) is 18.7 Å². The number of hydrogen-bond donors (Lipinski definition) is 1. The first kappa shape index (κ1) is 23.0. The average molecular weight is 506 g/mol. The number of para-hydroxylation sites is 1. The smallest absolute Gasteiger partial charge is 0.282 e. The highest BCUT2D eigenvalue weighted by atomic mass is 35.5. The van der Waals surface area contributed by atoms with E-state index in [-0.39, 0.29) is 26.2 Å². The van der Waals surface area contributed by atoms with Gasteiger partial charge in [-0.15, -0.1) is 0 Å². The van der Waals surface area contributed by atoms with Crippen molar-refractivity contribution in [2.24, 2.45) is 0 Å². The van der Waals surface area contributed by atoms with Gasteiger partial charge in [-0.05, 0) is 54.8 Å². The van der Waals surface area contributed by atoms with Gasteiger partial charge < -0.3 is 5.32 Å². The molecule has 0 bridgehead atoms. The molecule has 8 nitrogen and oxygen atoms in total. The average Bonchev–Trinajstić information content (AvgIpc) is 2.79. The fourth-order valence-corrected chi connectivity index (χ4v) is 5.58. The molecule has 0 radical (unpaired) electrons. The van der Waals surface area contributed by atoms with Gasteiger partial charge in [-0.3, -0.25) is 19.2 Å². The second kappa shape index (κ2) is 9.01. The van der Waals surface area contributed by atoms with Crippen molar-refractivity contribution in [3.8, 4) is 0 Å². The van der Waals surface area contributed by atoms with Crippen molar-refractivity contribution in [1.82, 2.24) is 0 Å². The predicted octanol–water partition coefficient (Wildman–Crippen LogP) is 5.30. The molecule has 1 heterocycles. The van der Waals surface area contributed by atoms with Crippen molar-refractivity contribution in [3.63, 3.8) is 0 Å². The summed E-state index contributed by atoms with van der Waals surface area (Å²) < 4.78 is 28.2. The van der Waals surface area contributed by atoms with E-state index in [1.807, 2.05) is 12.1 Å². The molecule has 0 spiro atoms. The zero-order valence-electron chi connectivity index (χ0n) is 17.0. The number of benzene rings is 3. The Morgan fingerprint density at radius 1 is 1.06 bits per heavy atom. The lowest BCUT2D eigenvalue weighted by Gasteiger charge is -2.30. The SMILES string of the molecule is O=C(Nc1cc(S(=O)(=O)N2CCCc3ccccc32)ccc1Cl)c1cc(Cl)ccc1[N+](=O)[O-]. The molecule has 1 aliphatic rings. The molecule has 4 rings (SSSR count). The van der Waals surface area contributed by atoms with E-state index in [1.165, 1.54) is 28.6 Å². The topological polar surface area (TPSA) is 110 Å². The maximum Gasteiger partial charge on any atom is 0.282 e. The molecular formula is C22H17Cl2N3O5S. The quantitative estimate of drug-likeness (QED) is 0.373. The van der Waals surface area contributed by atoms with E-state index in [9.17, 15) is 23.3 Å². The summed E-state index contributed by atoms with van der Waals surface area (Å²) in [6.45, 7) is 0.318. The summed E-state index contributed by atoms with van der Waals surface area (Å²) in [7, 11) is -3.95. The largest absolute Gasteiger partial charge is 0.320 e. The lowest BCUT2D eigenvalue weighted by Crippen LogP contribution is -2.35. The number of nitrogens with zero attached hydrogens (tertiary/aromatic N) is 2. The lowest BCUT2D eigenvalue weighted by molar-refractivity contribution is -0.385. The maximum atomic E-state index is 13.4. The van der Waals surface area contributed by atoms with Crippen LogP contribution in [-0.4, -0.2) is 25.8 Å². The summed E-state index contributed by atoms with van der Waals surface area (Å²) in [6.07, 6.45) is 1.45. The number of nitro benzene ring substituents is 1. The number of fused-ring (bicyclic) bond motifs is 1. The molecule has 0 aliphatic carbocycles. The molecule has 11 heteroatoms. The molecule has 0 aromatic heterocycles. The van der Waals surface area contributed by atoms with E-state index in [1.54, 1.807) is 12.1 Å². The molecule has 0 fully saturated rings. The van der Waals surface area contributed by atoms with Crippen molar-refractivity contribution in [2.75, 3.05) is 16.2 Å². The molecule has 1 amide bonds. The molecule has 0 atom stereocenters. The molecule has 170 valence electrons. The van der Waals surface area contributed by atoms with Gasteiger partial charge in [0.25, 0.3) is 21.6 Å². The fraction of sp³-hybridized carbons (Fsp3) is 0.136. The minimum Gasteiger partial charge on any atom is -0.320 e. The van der Waals surface area contributed by atoms with E-state index in [0.717, 1.165) is 24.1 Å². The molecule has 1 aliphatic heterocycles. The third-order valence-corrected chi connectivity index (χ3v) is 7.62. The zero-order chi connectivity index (χ0) is 23.8. The Bertz CT molecular complexity index is 1380. The number of nitrogens with one attached hydrogen (secondary N) is 1. The van der Waals surface area contributed by atoms with Crippen LogP contribution in [-0.2, 0) is 16.4 Å². The van der Waals surface area contributed by atoms with E-state index >= 15 is 0 Å². The number of aryl methyl sites for hydroxylation is 1. The second-order valence-corrected chi connectivity index (χ2v) is 10.0. The van der Waals surface area contributed by atoms with E-state index in [2.05, 4.69) is 5.32 Å². The van der Waals surface area contributed by atoms with Gasteiger partial charge in [0.05, 0.1) is 26.2 Å². The minimum absolute atomic E-state index is 0.00214. The van der Waals surface area contributed by atoms with Crippen LogP contribution in [0.4, 0.5) is 17.1 Å². The van der Waals surface area contributed by atoms with Crippen molar-refractivity contribution >= 4 is 56.2 Å². The minimum atomic E-state index is -3.95.